The summed E-state index contributed by atoms with van der Waals surface area (Å²) in [5, 5.41) is 1.40. The Morgan fingerprint density at radius 3 is 2.82 bits per heavy atom. The van der Waals surface area contributed by atoms with Crippen LogP contribution in [0.15, 0.2) is 12.3 Å². The SMILES string of the molecule is CC(=O)CC(=O)N1CC=CN1. The van der Waals surface area contributed by atoms with Crippen LogP contribution in [-0.2, 0) is 9.59 Å². The Balaban J connectivity index is 2.36. The van der Waals surface area contributed by atoms with Crippen LogP contribution in [-0.4, -0.2) is 23.2 Å². The van der Waals surface area contributed by atoms with Crippen molar-refractivity contribution in [3.05, 3.63) is 12.3 Å². The predicted octanol–water partition coefficient (Wildman–Crippen LogP) is -0.174. The average molecular weight is 154 g/mol. The van der Waals surface area contributed by atoms with Crippen molar-refractivity contribution in [2.45, 2.75) is 13.3 Å². The summed E-state index contributed by atoms with van der Waals surface area (Å²) >= 11 is 0. The van der Waals surface area contributed by atoms with Gasteiger partial charge in [-0.3, -0.25) is 14.6 Å². The summed E-state index contributed by atoms with van der Waals surface area (Å²) in [6.45, 7) is 1.95. The molecule has 1 heterocycles. The van der Waals surface area contributed by atoms with Crippen LogP contribution >= 0.6 is 0 Å². The Hall–Kier alpha value is -1.32. The maximum atomic E-state index is 11.1. The molecule has 0 aromatic carbocycles. The minimum atomic E-state index is -0.178. The molecule has 1 rings (SSSR count). The largest absolute Gasteiger partial charge is 0.303 e. The molecule has 4 heteroatoms. The summed E-state index contributed by atoms with van der Waals surface area (Å²) in [6.07, 6.45) is 3.48. The van der Waals surface area contributed by atoms with Gasteiger partial charge in [0, 0.05) is 6.20 Å². The summed E-state index contributed by atoms with van der Waals surface area (Å²) in [6, 6.07) is 0. The number of nitrogens with zero attached hydrogens (tertiary/aromatic N) is 1. The zero-order chi connectivity index (χ0) is 8.27. The van der Waals surface area contributed by atoms with E-state index in [4.69, 9.17) is 0 Å². The number of ketones is 1. The highest BCUT2D eigenvalue weighted by molar-refractivity contribution is 5.96. The van der Waals surface area contributed by atoms with E-state index < -0.39 is 0 Å². The molecule has 60 valence electrons. The van der Waals surface area contributed by atoms with Gasteiger partial charge in [0.25, 0.3) is 0 Å². The fraction of sp³-hybridized carbons (Fsp3) is 0.429. The standard InChI is InChI=1S/C7H10N2O2/c1-6(10)5-7(11)9-4-2-3-8-9/h2-3,8H,4-5H2,1H3. The van der Waals surface area contributed by atoms with Crippen LogP contribution in [0, 0.1) is 0 Å². The van der Waals surface area contributed by atoms with Gasteiger partial charge >= 0.3 is 0 Å². The number of Topliss-reactive ketones (excluding diaryl/α,β-unsaturated/α-hetero) is 1. The highest BCUT2D eigenvalue weighted by atomic mass is 16.2. The van der Waals surface area contributed by atoms with Crippen LogP contribution in [0.5, 0.6) is 0 Å². The van der Waals surface area contributed by atoms with Crippen LogP contribution < -0.4 is 5.43 Å². The molecule has 11 heavy (non-hydrogen) atoms. The molecule has 0 atom stereocenters. The maximum absolute atomic E-state index is 11.1. The van der Waals surface area contributed by atoms with Crippen molar-refractivity contribution in [1.29, 1.82) is 0 Å². The van der Waals surface area contributed by atoms with E-state index in [2.05, 4.69) is 5.43 Å². The first-order valence-electron chi connectivity index (χ1n) is 3.41. The van der Waals surface area contributed by atoms with Crippen molar-refractivity contribution in [3.8, 4) is 0 Å². The first kappa shape index (κ1) is 7.78. The van der Waals surface area contributed by atoms with Crippen LogP contribution in [0.25, 0.3) is 0 Å². The van der Waals surface area contributed by atoms with Crippen LogP contribution in [0.3, 0.4) is 0 Å². The molecular formula is C7H10N2O2. The van der Waals surface area contributed by atoms with Gasteiger partial charge in [0.1, 0.15) is 5.78 Å². The van der Waals surface area contributed by atoms with Gasteiger partial charge in [-0.05, 0) is 13.0 Å². The van der Waals surface area contributed by atoms with Crippen molar-refractivity contribution in [2.75, 3.05) is 6.54 Å². The number of hydrazine groups is 1. The zero-order valence-electron chi connectivity index (χ0n) is 6.33. The smallest absolute Gasteiger partial charge is 0.248 e. The van der Waals surface area contributed by atoms with Gasteiger partial charge in [-0.15, -0.1) is 0 Å². The first-order chi connectivity index (χ1) is 5.20. The second-order valence-electron chi connectivity index (χ2n) is 2.41. The maximum Gasteiger partial charge on any atom is 0.248 e. The lowest BCUT2D eigenvalue weighted by molar-refractivity contribution is -0.135. The van der Waals surface area contributed by atoms with E-state index in [9.17, 15) is 9.59 Å². The first-order valence-corrected chi connectivity index (χ1v) is 3.41. The molecule has 1 aliphatic heterocycles. The molecule has 0 aromatic rings. The van der Waals surface area contributed by atoms with Gasteiger partial charge in [-0.25, -0.2) is 0 Å². The normalized spacial score (nSPS) is 14.8. The van der Waals surface area contributed by atoms with Crippen LogP contribution in [0.2, 0.25) is 0 Å². The number of carbonyl (C=O) groups excluding carboxylic acids is 2. The number of carbonyl (C=O) groups is 2. The summed E-state index contributed by atoms with van der Waals surface area (Å²) in [5.41, 5.74) is 2.71. The van der Waals surface area contributed by atoms with Gasteiger partial charge < -0.3 is 5.43 Å². The Morgan fingerprint density at radius 1 is 1.64 bits per heavy atom. The Morgan fingerprint density at radius 2 is 2.36 bits per heavy atom. The third-order valence-corrected chi connectivity index (χ3v) is 1.34. The molecular weight excluding hydrogens is 144 g/mol. The van der Waals surface area contributed by atoms with E-state index in [1.165, 1.54) is 11.9 Å². The van der Waals surface area contributed by atoms with Crippen molar-refractivity contribution in [1.82, 2.24) is 10.4 Å². The van der Waals surface area contributed by atoms with Gasteiger partial charge in [0.05, 0.1) is 13.0 Å². The predicted molar refractivity (Wildman–Crippen MR) is 39.3 cm³/mol. The monoisotopic (exact) mass is 154 g/mol. The van der Waals surface area contributed by atoms with E-state index in [1.807, 2.05) is 6.08 Å². The molecule has 1 aliphatic rings. The summed E-state index contributed by atoms with van der Waals surface area (Å²) in [7, 11) is 0. The molecule has 0 spiro atoms. The number of nitrogens with one attached hydrogen (secondary N) is 1. The number of rotatable bonds is 2. The van der Waals surface area contributed by atoms with Gasteiger partial charge in [-0.2, -0.15) is 0 Å². The van der Waals surface area contributed by atoms with E-state index >= 15 is 0 Å². The third kappa shape index (κ3) is 2.07. The lowest BCUT2D eigenvalue weighted by Gasteiger charge is -2.14. The Bertz CT molecular complexity index is 202. The van der Waals surface area contributed by atoms with Crippen molar-refractivity contribution >= 4 is 11.7 Å². The lowest BCUT2D eigenvalue weighted by Crippen LogP contribution is -2.37. The minimum Gasteiger partial charge on any atom is -0.303 e. The molecule has 0 saturated heterocycles. The van der Waals surface area contributed by atoms with Crippen molar-refractivity contribution < 1.29 is 9.59 Å². The average Bonchev–Trinajstić information content (AvgIpc) is 2.35. The van der Waals surface area contributed by atoms with E-state index in [-0.39, 0.29) is 18.1 Å². The quantitative estimate of drug-likeness (QED) is 0.561. The van der Waals surface area contributed by atoms with E-state index in [1.54, 1.807) is 6.20 Å². The third-order valence-electron chi connectivity index (χ3n) is 1.34. The number of amides is 1. The number of hydrogen-bond donors (Lipinski definition) is 1. The zero-order valence-corrected chi connectivity index (χ0v) is 6.33. The van der Waals surface area contributed by atoms with Gasteiger partial charge in [0.2, 0.25) is 5.91 Å². The fourth-order valence-electron chi connectivity index (χ4n) is 0.836. The summed E-state index contributed by atoms with van der Waals surface area (Å²) in [5.74, 6) is -0.286. The second kappa shape index (κ2) is 3.18. The summed E-state index contributed by atoms with van der Waals surface area (Å²) < 4.78 is 0. The molecule has 0 radical (unpaired) electrons. The molecule has 0 saturated carbocycles. The molecule has 1 amide bonds. The van der Waals surface area contributed by atoms with Crippen LogP contribution in [0.4, 0.5) is 0 Å². The molecule has 0 unspecified atom stereocenters. The molecule has 0 aromatic heterocycles. The summed E-state index contributed by atoms with van der Waals surface area (Å²) in [4.78, 5) is 21.6. The van der Waals surface area contributed by atoms with E-state index in [0.717, 1.165) is 0 Å². The fourth-order valence-corrected chi connectivity index (χ4v) is 0.836. The Labute approximate surface area is 64.8 Å². The molecule has 1 N–H and O–H groups in total. The topological polar surface area (TPSA) is 49.4 Å². The highest BCUT2D eigenvalue weighted by Gasteiger charge is 2.14. The van der Waals surface area contributed by atoms with E-state index in [0.29, 0.717) is 6.54 Å². The van der Waals surface area contributed by atoms with Gasteiger partial charge in [-0.1, -0.05) is 0 Å². The molecule has 4 nitrogen and oxygen atoms in total. The van der Waals surface area contributed by atoms with Gasteiger partial charge in [0.15, 0.2) is 0 Å². The van der Waals surface area contributed by atoms with Crippen molar-refractivity contribution in [3.63, 3.8) is 0 Å². The second-order valence-corrected chi connectivity index (χ2v) is 2.41. The number of hydrogen-bond acceptors (Lipinski definition) is 3. The molecule has 0 fully saturated rings. The molecule has 0 bridgehead atoms. The lowest BCUT2D eigenvalue weighted by atomic mass is 10.3. The van der Waals surface area contributed by atoms with Crippen molar-refractivity contribution in [2.24, 2.45) is 0 Å². The minimum absolute atomic E-state index is 0.0192. The molecule has 0 aliphatic carbocycles. The van der Waals surface area contributed by atoms with Crippen LogP contribution in [0.1, 0.15) is 13.3 Å². The Kier molecular flexibility index (Phi) is 2.25. The highest BCUT2D eigenvalue weighted by Crippen LogP contribution is 1.96.